The summed E-state index contributed by atoms with van der Waals surface area (Å²) in [6, 6.07) is 22.3. The van der Waals surface area contributed by atoms with Crippen LogP contribution < -0.4 is 5.32 Å². The molecule has 2 aromatic heterocycles. The second kappa shape index (κ2) is 6.91. The number of hydrogen-bond acceptors (Lipinski definition) is 3. The van der Waals surface area contributed by atoms with Crippen molar-refractivity contribution in [3.05, 3.63) is 89.8 Å². The highest BCUT2D eigenvalue weighted by molar-refractivity contribution is 6.32. The summed E-state index contributed by atoms with van der Waals surface area (Å²) in [6.45, 7) is 0.737. The van der Waals surface area contributed by atoms with Crippen LogP contribution in [0.2, 0.25) is 5.15 Å². The van der Waals surface area contributed by atoms with E-state index in [2.05, 4.69) is 33.5 Å². The lowest BCUT2D eigenvalue weighted by atomic mass is 10.0. The lowest BCUT2D eigenvalue weighted by molar-refractivity contribution is 1.14. The Balaban J connectivity index is 1.70. The van der Waals surface area contributed by atoms with Crippen LogP contribution in [0.15, 0.2) is 79.1 Å². The van der Waals surface area contributed by atoms with Gasteiger partial charge in [0.1, 0.15) is 5.15 Å². The third-order valence-electron chi connectivity index (χ3n) is 4.11. The van der Waals surface area contributed by atoms with E-state index in [0.717, 1.165) is 34.3 Å². The van der Waals surface area contributed by atoms with Gasteiger partial charge in [0.15, 0.2) is 0 Å². The lowest BCUT2D eigenvalue weighted by Gasteiger charge is -2.11. The highest BCUT2D eigenvalue weighted by atomic mass is 35.5. The van der Waals surface area contributed by atoms with Crippen LogP contribution in [0.25, 0.3) is 22.0 Å². The highest BCUT2D eigenvalue weighted by Crippen LogP contribution is 2.33. The Bertz CT molecular complexity index is 1010. The van der Waals surface area contributed by atoms with Crippen molar-refractivity contribution in [2.45, 2.75) is 6.54 Å². The molecular weight excluding hydrogens is 330 g/mol. The number of aromatic nitrogens is 2. The third kappa shape index (κ3) is 3.32. The summed E-state index contributed by atoms with van der Waals surface area (Å²) in [7, 11) is 0. The minimum atomic E-state index is 0.488. The van der Waals surface area contributed by atoms with E-state index < -0.39 is 0 Å². The van der Waals surface area contributed by atoms with Gasteiger partial charge in [-0.1, -0.05) is 60.1 Å². The zero-order valence-electron chi connectivity index (χ0n) is 13.5. The number of nitrogens with zero attached hydrogens (tertiary/aromatic N) is 2. The molecule has 0 aliphatic carbocycles. The molecule has 4 heteroatoms. The van der Waals surface area contributed by atoms with Crippen LogP contribution >= 0.6 is 11.6 Å². The van der Waals surface area contributed by atoms with Gasteiger partial charge in [-0.2, -0.15) is 0 Å². The molecule has 2 aromatic carbocycles. The molecule has 0 fully saturated rings. The van der Waals surface area contributed by atoms with Gasteiger partial charge in [-0.15, -0.1) is 0 Å². The van der Waals surface area contributed by atoms with Crippen molar-refractivity contribution in [1.29, 1.82) is 0 Å². The van der Waals surface area contributed by atoms with E-state index in [1.807, 2.05) is 48.5 Å². The topological polar surface area (TPSA) is 37.8 Å². The fraction of sp³-hybridized carbons (Fsp3) is 0.0476. The fourth-order valence-electron chi connectivity index (χ4n) is 2.87. The van der Waals surface area contributed by atoms with Gasteiger partial charge in [-0.3, -0.25) is 4.98 Å². The molecule has 4 aromatic rings. The zero-order chi connectivity index (χ0) is 17.1. The average molecular weight is 346 g/mol. The minimum Gasteiger partial charge on any atom is -0.380 e. The number of pyridine rings is 2. The molecule has 0 aliphatic heterocycles. The molecule has 0 saturated heterocycles. The molecule has 0 radical (unpaired) electrons. The van der Waals surface area contributed by atoms with Crippen molar-refractivity contribution in [2.75, 3.05) is 5.32 Å². The van der Waals surface area contributed by atoms with Crippen molar-refractivity contribution < 1.29 is 0 Å². The first kappa shape index (κ1) is 15.6. The average Bonchev–Trinajstić information content (AvgIpc) is 2.68. The number of hydrogen-bond donors (Lipinski definition) is 1. The van der Waals surface area contributed by atoms with Crippen LogP contribution in [-0.2, 0) is 6.54 Å². The maximum Gasteiger partial charge on any atom is 0.137 e. The molecule has 1 N–H and O–H groups in total. The monoisotopic (exact) mass is 345 g/mol. The summed E-state index contributed by atoms with van der Waals surface area (Å²) < 4.78 is 0. The fourth-order valence-corrected chi connectivity index (χ4v) is 3.08. The van der Waals surface area contributed by atoms with Crippen LogP contribution in [-0.4, -0.2) is 9.97 Å². The van der Waals surface area contributed by atoms with Gasteiger partial charge in [0.25, 0.3) is 0 Å². The van der Waals surface area contributed by atoms with Crippen molar-refractivity contribution in [1.82, 2.24) is 9.97 Å². The number of anilines is 1. The summed E-state index contributed by atoms with van der Waals surface area (Å²) in [5, 5.41) is 4.96. The first-order chi connectivity index (χ1) is 12.3. The van der Waals surface area contributed by atoms with Crippen LogP contribution in [0.3, 0.4) is 0 Å². The molecule has 0 unspecified atom stereocenters. The Morgan fingerprint density at radius 1 is 0.840 bits per heavy atom. The predicted molar refractivity (Wildman–Crippen MR) is 104 cm³/mol. The predicted octanol–water partition coefficient (Wildman–Crippen LogP) is 5.56. The van der Waals surface area contributed by atoms with Crippen molar-refractivity contribution in [3.63, 3.8) is 0 Å². The second-order valence-electron chi connectivity index (χ2n) is 5.78. The molecule has 2 heterocycles. The van der Waals surface area contributed by atoms with Crippen LogP contribution in [0.1, 0.15) is 5.56 Å². The number of halogens is 1. The molecule has 0 saturated carbocycles. The third-order valence-corrected chi connectivity index (χ3v) is 4.42. The van der Waals surface area contributed by atoms with E-state index in [1.165, 1.54) is 5.56 Å². The maximum atomic E-state index is 6.39. The van der Waals surface area contributed by atoms with E-state index in [4.69, 9.17) is 11.6 Å². The van der Waals surface area contributed by atoms with Gasteiger partial charge in [0, 0.05) is 23.7 Å². The quantitative estimate of drug-likeness (QED) is 0.492. The smallest absolute Gasteiger partial charge is 0.137 e. The van der Waals surface area contributed by atoms with Gasteiger partial charge >= 0.3 is 0 Å². The van der Waals surface area contributed by atoms with Gasteiger partial charge in [0.2, 0.25) is 0 Å². The van der Waals surface area contributed by atoms with Gasteiger partial charge in [-0.25, -0.2) is 4.98 Å². The molecule has 122 valence electrons. The van der Waals surface area contributed by atoms with Crippen LogP contribution in [0, 0.1) is 0 Å². The van der Waals surface area contributed by atoms with Gasteiger partial charge in [-0.05, 0) is 29.3 Å². The zero-order valence-corrected chi connectivity index (χ0v) is 14.2. The molecule has 0 aliphatic rings. The SMILES string of the molecule is Clc1ncc(NCc2ccccc2)cc1-c1cccc2ncccc12. The minimum absolute atomic E-state index is 0.488. The number of nitrogens with one attached hydrogen (secondary N) is 1. The largest absolute Gasteiger partial charge is 0.380 e. The van der Waals surface area contributed by atoms with Crippen molar-refractivity contribution in [2.24, 2.45) is 0 Å². The lowest BCUT2D eigenvalue weighted by Crippen LogP contribution is -2.00. The molecule has 0 amide bonds. The number of fused-ring (bicyclic) bond motifs is 1. The molecule has 4 rings (SSSR count). The molecule has 0 atom stereocenters. The number of rotatable bonds is 4. The van der Waals surface area contributed by atoms with E-state index in [-0.39, 0.29) is 0 Å². The van der Waals surface area contributed by atoms with Gasteiger partial charge in [0.05, 0.1) is 17.4 Å². The summed E-state index contributed by atoms with van der Waals surface area (Å²) in [5.74, 6) is 0. The molecule has 3 nitrogen and oxygen atoms in total. The molecule has 25 heavy (non-hydrogen) atoms. The Morgan fingerprint density at radius 2 is 1.72 bits per heavy atom. The summed E-state index contributed by atoms with van der Waals surface area (Å²) >= 11 is 6.39. The van der Waals surface area contributed by atoms with Crippen molar-refractivity contribution >= 4 is 28.2 Å². The van der Waals surface area contributed by atoms with E-state index >= 15 is 0 Å². The van der Waals surface area contributed by atoms with E-state index in [1.54, 1.807) is 12.4 Å². The second-order valence-corrected chi connectivity index (χ2v) is 6.14. The summed E-state index contributed by atoms with van der Waals surface area (Å²) in [6.07, 6.45) is 3.56. The first-order valence-corrected chi connectivity index (χ1v) is 8.46. The van der Waals surface area contributed by atoms with Gasteiger partial charge < -0.3 is 5.32 Å². The molecule has 0 bridgehead atoms. The standard InChI is InChI=1S/C21H16ClN3/c22-21-19(17-8-4-10-20-18(17)9-5-11-23-20)12-16(14-25-21)24-13-15-6-2-1-3-7-15/h1-12,14,24H,13H2. The summed E-state index contributed by atoms with van der Waals surface area (Å²) in [5.41, 5.74) is 5.03. The molecule has 0 spiro atoms. The Kier molecular flexibility index (Phi) is 4.32. The first-order valence-electron chi connectivity index (χ1n) is 8.09. The normalized spacial score (nSPS) is 10.8. The van der Waals surface area contributed by atoms with Crippen LogP contribution in [0.4, 0.5) is 5.69 Å². The maximum absolute atomic E-state index is 6.39. The summed E-state index contributed by atoms with van der Waals surface area (Å²) in [4.78, 5) is 8.77. The van der Waals surface area contributed by atoms with E-state index in [0.29, 0.717) is 5.15 Å². The van der Waals surface area contributed by atoms with Crippen LogP contribution in [0.5, 0.6) is 0 Å². The molecular formula is C21H16ClN3. The Hall–Kier alpha value is -2.91. The van der Waals surface area contributed by atoms with Crippen molar-refractivity contribution in [3.8, 4) is 11.1 Å². The highest BCUT2D eigenvalue weighted by Gasteiger charge is 2.10. The van der Waals surface area contributed by atoms with E-state index in [9.17, 15) is 0 Å². The Labute approximate surface area is 151 Å². The Morgan fingerprint density at radius 3 is 2.60 bits per heavy atom. The number of benzene rings is 2.